The van der Waals surface area contributed by atoms with Gasteiger partial charge in [0, 0.05) is 12.1 Å². The van der Waals surface area contributed by atoms with E-state index < -0.39 is 5.91 Å². The summed E-state index contributed by atoms with van der Waals surface area (Å²) in [5.41, 5.74) is 9.99. The molecule has 0 spiro atoms. The molecular weight excluding hydrogens is 418 g/mol. The summed E-state index contributed by atoms with van der Waals surface area (Å²) in [5, 5.41) is 29.2. The molecule has 0 aliphatic carbocycles. The molecule has 13 heteroatoms. The topological polar surface area (TPSA) is 170 Å². The van der Waals surface area contributed by atoms with Crippen molar-refractivity contribution in [1.82, 2.24) is 35.6 Å². The molecule has 0 atom stereocenters. The van der Waals surface area contributed by atoms with E-state index in [1.165, 1.54) is 17.9 Å². The van der Waals surface area contributed by atoms with E-state index >= 15 is 0 Å². The number of amides is 1. The predicted molar refractivity (Wildman–Crippen MR) is 115 cm³/mol. The monoisotopic (exact) mass is 443 g/mol. The SMILES string of the molecule is CCN(CC)Cc1c(C(=O)NN=C(C)c2ccc(O)c(OC)c2)nnn1-c1nonc1N. The Hall–Kier alpha value is -4.00. The molecule has 4 N–H and O–H groups in total. The summed E-state index contributed by atoms with van der Waals surface area (Å²) in [6.45, 7) is 7.57. The van der Waals surface area contributed by atoms with Gasteiger partial charge < -0.3 is 15.6 Å². The second-order valence-electron chi connectivity index (χ2n) is 6.76. The van der Waals surface area contributed by atoms with Gasteiger partial charge in [0.25, 0.3) is 5.91 Å². The van der Waals surface area contributed by atoms with Crippen LogP contribution in [0.1, 0.15) is 42.5 Å². The zero-order valence-corrected chi connectivity index (χ0v) is 18.2. The molecule has 170 valence electrons. The van der Waals surface area contributed by atoms with E-state index in [4.69, 9.17) is 10.5 Å². The number of methoxy groups -OCH3 is 1. The average molecular weight is 443 g/mol. The van der Waals surface area contributed by atoms with Crippen LogP contribution < -0.4 is 15.9 Å². The van der Waals surface area contributed by atoms with Crippen LogP contribution in [0.4, 0.5) is 5.82 Å². The number of carbonyl (C=O) groups excluding carboxylic acids is 1. The van der Waals surface area contributed by atoms with Crippen molar-refractivity contribution in [3.8, 4) is 17.3 Å². The first-order valence-electron chi connectivity index (χ1n) is 9.86. The molecule has 3 rings (SSSR count). The molecular formula is C19H25N9O4. The Morgan fingerprint density at radius 3 is 2.72 bits per heavy atom. The number of phenolic OH excluding ortho intramolecular Hbond substituents is 1. The van der Waals surface area contributed by atoms with Crippen LogP contribution in [0.25, 0.3) is 5.82 Å². The highest BCUT2D eigenvalue weighted by molar-refractivity contribution is 6.01. The fraction of sp³-hybridized carbons (Fsp3) is 0.368. The molecule has 2 aromatic heterocycles. The van der Waals surface area contributed by atoms with Crippen LogP contribution in [-0.2, 0) is 6.54 Å². The largest absolute Gasteiger partial charge is 0.504 e. The zero-order valence-electron chi connectivity index (χ0n) is 18.2. The lowest BCUT2D eigenvalue weighted by atomic mass is 10.1. The zero-order chi connectivity index (χ0) is 23.3. The first-order valence-corrected chi connectivity index (χ1v) is 9.86. The molecule has 1 aromatic carbocycles. The highest BCUT2D eigenvalue weighted by atomic mass is 16.6. The Balaban J connectivity index is 1.89. The first kappa shape index (κ1) is 22.7. The van der Waals surface area contributed by atoms with Crippen LogP contribution in [0.2, 0.25) is 0 Å². The fourth-order valence-corrected chi connectivity index (χ4v) is 2.94. The number of phenols is 1. The van der Waals surface area contributed by atoms with Gasteiger partial charge in [0.2, 0.25) is 11.6 Å². The number of hydrogen-bond donors (Lipinski definition) is 3. The first-order chi connectivity index (χ1) is 15.4. The number of anilines is 1. The summed E-state index contributed by atoms with van der Waals surface area (Å²) in [5.74, 6) is -0.0788. The summed E-state index contributed by atoms with van der Waals surface area (Å²) in [7, 11) is 1.45. The maximum atomic E-state index is 12.9. The number of nitrogen functional groups attached to an aromatic ring is 1. The maximum Gasteiger partial charge on any atom is 0.293 e. The van der Waals surface area contributed by atoms with Crippen molar-refractivity contribution in [3.63, 3.8) is 0 Å². The molecule has 32 heavy (non-hydrogen) atoms. The number of nitrogens with one attached hydrogen (secondary N) is 1. The summed E-state index contributed by atoms with van der Waals surface area (Å²) in [4.78, 5) is 15.0. The number of rotatable bonds is 9. The van der Waals surface area contributed by atoms with Crippen molar-refractivity contribution < 1.29 is 19.3 Å². The third-order valence-electron chi connectivity index (χ3n) is 4.86. The number of carbonyl (C=O) groups is 1. The Morgan fingerprint density at radius 1 is 1.34 bits per heavy atom. The number of benzene rings is 1. The van der Waals surface area contributed by atoms with Gasteiger partial charge in [-0.1, -0.05) is 19.1 Å². The second kappa shape index (κ2) is 9.87. The van der Waals surface area contributed by atoms with E-state index in [0.717, 1.165) is 13.1 Å². The van der Waals surface area contributed by atoms with Crippen LogP contribution in [0.3, 0.4) is 0 Å². The molecule has 0 saturated heterocycles. The number of aromatic hydroxyl groups is 1. The van der Waals surface area contributed by atoms with Crippen LogP contribution in [0.15, 0.2) is 27.9 Å². The fourth-order valence-electron chi connectivity index (χ4n) is 2.94. The molecule has 0 aliphatic heterocycles. The lowest BCUT2D eigenvalue weighted by Crippen LogP contribution is -2.27. The van der Waals surface area contributed by atoms with E-state index in [-0.39, 0.29) is 23.1 Å². The normalized spacial score (nSPS) is 11.7. The molecule has 0 aliphatic rings. The van der Waals surface area contributed by atoms with Crippen molar-refractivity contribution in [3.05, 3.63) is 35.2 Å². The van der Waals surface area contributed by atoms with Gasteiger partial charge in [0.1, 0.15) is 0 Å². The number of aromatic nitrogens is 5. The van der Waals surface area contributed by atoms with Crippen molar-refractivity contribution in [2.45, 2.75) is 27.3 Å². The lowest BCUT2D eigenvalue weighted by Gasteiger charge is -2.18. The molecule has 0 bridgehead atoms. The van der Waals surface area contributed by atoms with Crippen LogP contribution in [0.5, 0.6) is 11.5 Å². The third kappa shape index (κ3) is 4.67. The van der Waals surface area contributed by atoms with E-state index in [9.17, 15) is 9.90 Å². The summed E-state index contributed by atoms with van der Waals surface area (Å²) >= 11 is 0. The molecule has 3 aromatic rings. The molecule has 1 amide bonds. The van der Waals surface area contributed by atoms with Crippen molar-refractivity contribution >= 4 is 17.4 Å². The standard InChI is InChI=1S/C19H25N9O4/c1-5-27(6-2)10-13-16(22-26-28(13)18-17(20)24-32-25-18)19(30)23-21-11(3)12-7-8-14(29)15(9-12)31-4/h7-9,29H,5-6,10H2,1-4H3,(H2,20,24)(H,23,30). The number of hydrazone groups is 1. The Bertz CT molecular complexity index is 1120. The van der Waals surface area contributed by atoms with E-state index in [1.807, 2.05) is 13.8 Å². The predicted octanol–water partition coefficient (Wildman–Crippen LogP) is 0.942. The lowest BCUT2D eigenvalue weighted by molar-refractivity contribution is 0.0947. The third-order valence-corrected chi connectivity index (χ3v) is 4.86. The van der Waals surface area contributed by atoms with Gasteiger partial charge in [-0.3, -0.25) is 9.69 Å². The Morgan fingerprint density at radius 2 is 2.09 bits per heavy atom. The van der Waals surface area contributed by atoms with E-state index in [1.54, 1.807) is 19.1 Å². The van der Waals surface area contributed by atoms with Gasteiger partial charge in [0.15, 0.2) is 17.2 Å². The van der Waals surface area contributed by atoms with E-state index in [0.29, 0.717) is 29.3 Å². The highest BCUT2D eigenvalue weighted by Gasteiger charge is 2.25. The molecule has 0 radical (unpaired) electrons. The van der Waals surface area contributed by atoms with Gasteiger partial charge in [-0.2, -0.15) is 9.78 Å². The number of nitrogens with zero attached hydrogens (tertiary/aromatic N) is 7. The van der Waals surface area contributed by atoms with Gasteiger partial charge in [-0.15, -0.1) is 5.10 Å². The van der Waals surface area contributed by atoms with Gasteiger partial charge >= 0.3 is 0 Å². The number of hydrogen-bond acceptors (Lipinski definition) is 11. The maximum absolute atomic E-state index is 12.9. The van der Waals surface area contributed by atoms with E-state index in [2.05, 4.69) is 40.7 Å². The average Bonchev–Trinajstić information content (AvgIpc) is 3.41. The minimum absolute atomic E-state index is 0.00682. The number of nitrogens with two attached hydrogens (primary N) is 1. The Kier molecular flexibility index (Phi) is 7.00. The van der Waals surface area contributed by atoms with Gasteiger partial charge in [0.05, 0.1) is 18.5 Å². The number of ether oxygens (including phenoxy) is 1. The summed E-state index contributed by atoms with van der Waals surface area (Å²) in [6.07, 6.45) is 0. The minimum atomic E-state index is -0.557. The smallest absolute Gasteiger partial charge is 0.293 e. The second-order valence-corrected chi connectivity index (χ2v) is 6.76. The highest BCUT2D eigenvalue weighted by Crippen LogP contribution is 2.26. The summed E-state index contributed by atoms with van der Waals surface area (Å²) < 4.78 is 11.1. The van der Waals surface area contributed by atoms with Crippen LogP contribution >= 0.6 is 0 Å². The molecule has 0 fully saturated rings. The molecule has 0 saturated carbocycles. The van der Waals surface area contributed by atoms with Crippen LogP contribution in [-0.4, -0.2) is 67.1 Å². The van der Waals surface area contributed by atoms with Crippen molar-refractivity contribution in [2.24, 2.45) is 5.10 Å². The van der Waals surface area contributed by atoms with Gasteiger partial charge in [-0.25, -0.2) is 10.1 Å². The minimum Gasteiger partial charge on any atom is -0.504 e. The summed E-state index contributed by atoms with van der Waals surface area (Å²) in [6, 6.07) is 4.76. The molecule has 13 nitrogen and oxygen atoms in total. The molecule has 0 unspecified atom stereocenters. The van der Waals surface area contributed by atoms with Crippen molar-refractivity contribution in [2.75, 3.05) is 25.9 Å². The van der Waals surface area contributed by atoms with Crippen molar-refractivity contribution in [1.29, 1.82) is 0 Å². The quantitative estimate of drug-likeness (QED) is 0.319. The van der Waals surface area contributed by atoms with Crippen LogP contribution in [0, 0.1) is 0 Å². The Labute approximate surface area is 183 Å². The van der Waals surface area contributed by atoms with Gasteiger partial charge in [-0.05, 0) is 48.5 Å². The molecule has 2 heterocycles.